The number of rotatable bonds is 3. The first-order valence-electron chi connectivity index (χ1n) is 5.58. The minimum absolute atomic E-state index is 0.0948. The van der Waals surface area contributed by atoms with Gasteiger partial charge in [-0.15, -0.1) is 5.10 Å². The number of nitrogen functional groups attached to an aromatic ring is 1. The van der Waals surface area contributed by atoms with E-state index < -0.39 is 0 Å². The number of nitrogens with zero attached hydrogens (tertiary/aromatic N) is 3. The molecule has 1 aromatic carbocycles. The van der Waals surface area contributed by atoms with Crippen LogP contribution in [0.25, 0.3) is 0 Å². The fourth-order valence-electron chi connectivity index (χ4n) is 1.61. The monoisotopic (exact) mass is 245 g/mol. The quantitative estimate of drug-likeness (QED) is 0.848. The highest BCUT2D eigenvalue weighted by atomic mass is 16.2. The SMILES string of the molecule is Cc1cccc(NC(=O)Cn2cc(N)nn2)c1C. The van der Waals surface area contributed by atoms with Crippen molar-refractivity contribution in [3.8, 4) is 0 Å². The molecule has 1 amide bonds. The average molecular weight is 245 g/mol. The molecule has 0 spiro atoms. The molecule has 0 aliphatic carbocycles. The van der Waals surface area contributed by atoms with Crippen molar-refractivity contribution in [1.82, 2.24) is 15.0 Å². The summed E-state index contributed by atoms with van der Waals surface area (Å²) in [6.07, 6.45) is 1.52. The third kappa shape index (κ3) is 2.65. The predicted octanol–water partition coefficient (Wildman–Crippen LogP) is 1.12. The second-order valence-corrected chi connectivity index (χ2v) is 4.14. The summed E-state index contributed by atoms with van der Waals surface area (Å²) in [7, 11) is 0. The Balaban J connectivity index is 2.05. The second-order valence-electron chi connectivity index (χ2n) is 4.14. The molecule has 18 heavy (non-hydrogen) atoms. The van der Waals surface area contributed by atoms with E-state index in [0.29, 0.717) is 5.82 Å². The number of aryl methyl sites for hydroxylation is 1. The molecule has 0 aliphatic rings. The number of aromatic nitrogens is 3. The van der Waals surface area contributed by atoms with E-state index in [0.717, 1.165) is 16.8 Å². The maximum Gasteiger partial charge on any atom is 0.246 e. The molecule has 0 saturated heterocycles. The molecule has 2 aromatic rings. The van der Waals surface area contributed by atoms with Gasteiger partial charge in [0.2, 0.25) is 5.91 Å². The van der Waals surface area contributed by atoms with Crippen LogP contribution >= 0.6 is 0 Å². The van der Waals surface area contributed by atoms with Gasteiger partial charge in [0.25, 0.3) is 0 Å². The smallest absolute Gasteiger partial charge is 0.246 e. The van der Waals surface area contributed by atoms with E-state index in [4.69, 9.17) is 5.73 Å². The first-order chi connectivity index (χ1) is 8.56. The summed E-state index contributed by atoms with van der Waals surface area (Å²) in [5.41, 5.74) is 8.43. The molecule has 0 aliphatic heterocycles. The van der Waals surface area contributed by atoms with Crippen LogP contribution in [0.5, 0.6) is 0 Å². The Hall–Kier alpha value is -2.37. The Kier molecular flexibility index (Phi) is 3.27. The van der Waals surface area contributed by atoms with Crippen LogP contribution in [0.3, 0.4) is 0 Å². The van der Waals surface area contributed by atoms with Crippen LogP contribution in [0.1, 0.15) is 11.1 Å². The molecule has 1 aromatic heterocycles. The van der Waals surface area contributed by atoms with Gasteiger partial charge in [0.05, 0.1) is 6.20 Å². The molecule has 0 radical (unpaired) electrons. The maximum absolute atomic E-state index is 11.8. The summed E-state index contributed by atoms with van der Waals surface area (Å²) < 4.78 is 1.40. The van der Waals surface area contributed by atoms with Gasteiger partial charge in [0, 0.05) is 5.69 Å². The van der Waals surface area contributed by atoms with E-state index in [9.17, 15) is 4.79 Å². The molecule has 0 bridgehead atoms. The first-order valence-corrected chi connectivity index (χ1v) is 5.58. The lowest BCUT2D eigenvalue weighted by Crippen LogP contribution is -2.19. The maximum atomic E-state index is 11.8. The van der Waals surface area contributed by atoms with Crippen molar-refractivity contribution < 1.29 is 4.79 Å². The zero-order chi connectivity index (χ0) is 13.1. The number of nitrogens with one attached hydrogen (secondary N) is 1. The molecule has 3 N–H and O–H groups in total. The Morgan fingerprint density at radius 3 is 2.89 bits per heavy atom. The standard InChI is InChI=1S/C12H15N5O/c1-8-4-3-5-10(9(8)2)14-12(18)7-17-6-11(13)15-16-17/h3-6H,7,13H2,1-2H3,(H,14,18). The van der Waals surface area contributed by atoms with Crippen LogP contribution in [0, 0.1) is 13.8 Å². The van der Waals surface area contributed by atoms with Gasteiger partial charge in [0.1, 0.15) is 6.54 Å². The number of carbonyl (C=O) groups is 1. The summed E-state index contributed by atoms with van der Waals surface area (Å²) in [6, 6.07) is 5.78. The summed E-state index contributed by atoms with van der Waals surface area (Å²) in [4.78, 5) is 11.8. The Morgan fingerprint density at radius 1 is 1.44 bits per heavy atom. The minimum Gasteiger partial charge on any atom is -0.381 e. The molecule has 2 rings (SSSR count). The largest absolute Gasteiger partial charge is 0.381 e. The Labute approximate surface area is 105 Å². The van der Waals surface area contributed by atoms with Gasteiger partial charge >= 0.3 is 0 Å². The molecule has 1 heterocycles. The van der Waals surface area contributed by atoms with Gasteiger partial charge in [-0.2, -0.15) is 0 Å². The Bertz CT molecular complexity index is 576. The number of benzene rings is 1. The van der Waals surface area contributed by atoms with Crippen molar-refractivity contribution >= 4 is 17.4 Å². The number of carbonyl (C=O) groups excluding carboxylic acids is 1. The number of anilines is 2. The zero-order valence-electron chi connectivity index (χ0n) is 10.3. The highest BCUT2D eigenvalue weighted by Gasteiger charge is 2.07. The van der Waals surface area contributed by atoms with Crippen molar-refractivity contribution in [2.45, 2.75) is 20.4 Å². The van der Waals surface area contributed by atoms with Crippen molar-refractivity contribution in [2.75, 3.05) is 11.1 Å². The van der Waals surface area contributed by atoms with Crippen LogP contribution in [0.2, 0.25) is 0 Å². The molecule has 0 fully saturated rings. The zero-order valence-corrected chi connectivity index (χ0v) is 10.3. The number of amides is 1. The van der Waals surface area contributed by atoms with Crippen LogP contribution < -0.4 is 11.1 Å². The summed E-state index contributed by atoms with van der Waals surface area (Å²) in [6.45, 7) is 4.07. The van der Waals surface area contributed by atoms with E-state index >= 15 is 0 Å². The molecule has 0 atom stereocenters. The highest BCUT2D eigenvalue weighted by molar-refractivity contribution is 5.91. The fourth-order valence-corrected chi connectivity index (χ4v) is 1.61. The second kappa shape index (κ2) is 4.87. The number of hydrogen-bond donors (Lipinski definition) is 2. The van der Waals surface area contributed by atoms with Crippen molar-refractivity contribution in [3.05, 3.63) is 35.5 Å². The van der Waals surface area contributed by atoms with Gasteiger partial charge < -0.3 is 11.1 Å². The Morgan fingerprint density at radius 2 is 2.22 bits per heavy atom. The van der Waals surface area contributed by atoms with Gasteiger partial charge in [-0.3, -0.25) is 4.79 Å². The van der Waals surface area contributed by atoms with Gasteiger partial charge in [0.15, 0.2) is 5.82 Å². The van der Waals surface area contributed by atoms with E-state index in [2.05, 4.69) is 15.6 Å². The lowest BCUT2D eigenvalue weighted by molar-refractivity contribution is -0.116. The number of nitrogens with two attached hydrogens (primary N) is 1. The molecule has 94 valence electrons. The van der Waals surface area contributed by atoms with Crippen molar-refractivity contribution in [1.29, 1.82) is 0 Å². The highest BCUT2D eigenvalue weighted by Crippen LogP contribution is 2.17. The van der Waals surface area contributed by atoms with Crippen LogP contribution in [0.15, 0.2) is 24.4 Å². The first kappa shape index (κ1) is 12.1. The van der Waals surface area contributed by atoms with Gasteiger partial charge in [-0.1, -0.05) is 17.3 Å². The normalized spacial score (nSPS) is 10.3. The van der Waals surface area contributed by atoms with Gasteiger partial charge in [-0.25, -0.2) is 4.68 Å². The van der Waals surface area contributed by atoms with Gasteiger partial charge in [-0.05, 0) is 31.0 Å². The lowest BCUT2D eigenvalue weighted by Gasteiger charge is -2.09. The predicted molar refractivity (Wildman–Crippen MR) is 69.0 cm³/mol. The topological polar surface area (TPSA) is 85.8 Å². The van der Waals surface area contributed by atoms with E-state index in [1.165, 1.54) is 10.9 Å². The summed E-state index contributed by atoms with van der Waals surface area (Å²) in [5, 5.41) is 10.2. The summed E-state index contributed by atoms with van der Waals surface area (Å²) >= 11 is 0. The number of hydrogen-bond acceptors (Lipinski definition) is 4. The molecule has 0 unspecified atom stereocenters. The fraction of sp³-hybridized carbons (Fsp3) is 0.250. The van der Waals surface area contributed by atoms with E-state index in [1.807, 2.05) is 32.0 Å². The molecule has 0 saturated carbocycles. The summed E-state index contributed by atoms with van der Waals surface area (Å²) in [5.74, 6) is 0.142. The molecular weight excluding hydrogens is 230 g/mol. The lowest BCUT2D eigenvalue weighted by atomic mass is 10.1. The average Bonchev–Trinajstić information content (AvgIpc) is 2.70. The minimum atomic E-state index is -0.159. The van der Waals surface area contributed by atoms with Crippen molar-refractivity contribution in [2.24, 2.45) is 0 Å². The van der Waals surface area contributed by atoms with E-state index in [-0.39, 0.29) is 12.5 Å². The molecule has 6 nitrogen and oxygen atoms in total. The van der Waals surface area contributed by atoms with Crippen LogP contribution in [0.4, 0.5) is 11.5 Å². The van der Waals surface area contributed by atoms with Crippen molar-refractivity contribution in [3.63, 3.8) is 0 Å². The molecule has 6 heteroatoms. The third-order valence-corrected chi connectivity index (χ3v) is 2.74. The van der Waals surface area contributed by atoms with Crippen LogP contribution in [-0.2, 0) is 11.3 Å². The van der Waals surface area contributed by atoms with Crippen LogP contribution in [-0.4, -0.2) is 20.9 Å². The molecular formula is C12H15N5O. The third-order valence-electron chi connectivity index (χ3n) is 2.74. The van der Waals surface area contributed by atoms with E-state index in [1.54, 1.807) is 0 Å².